The lowest BCUT2D eigenvalue weighted by Crippen LogP contribution is -2.49. The van der Waals surface area contributed by atoms with E-state index in [2.05, 4.69) is 5.32 Å². The number of esters is 2. The molecule has 5 nitrogen and oxygen atoms in total. The molecule has 1 aromatic carbocycles. The fraction of sp³-hybridized carbons (Fsp3) is 0.579. The summed E-state index contributed by atoms with van der Waals surface area (Å²) in [6.45, 7) is 11.4. The lowest BCUT2D eigenvalue weighted by molar-refractivity contribution is -0.160. The average Bonchev–Trinajstić information content (AvgIpc) is 2.41. The van der Waals surface area contributed by atoms with Gasteiger partial charge in [0, 0.05) is 5.54 Å². The van der Waals surface area contributed by atoms with E-state index in [4.69, 9.17) is 9.47 Å². The highest BCUT2D eigenvalue weighted by Crippen LogP contribution is 2.13. The summed E-state index contributed by atoms with van der Waals surface area (Å²) in [5, 5.41) is 3.13. The predicted molar refractivity (Wildman–Crippen MR) is 93.4 cm³/mol. The topological polar surface area (TPSA) is 64.6 Å². The molecule has 0 saturated heterocycles. The molecular formula is C19H29NO4. The quantitative estimate of drug-likeness (QED) is 0.809. The van der Waals surface area contributed by atoms with Crippen molar-refractivity contribution in [3.05, 3.63) is 35.9 Å². The summed E-state index contributed by atoms with van der Waals surface area (Å²) in [5.74, 6) is -0.888. The maximum Gasteiger partial charge on any atom is 0.324 e. The third-order valence-electron chi connectivity index (χ3n) is 2.91. The minimum atomic E-state index is -0.747. The molecule has 0 amide bonds. The van der Waals surface area contributed by atoms with Gasteiger partial charge in [-0.2, -0.15) is 0 Å². The van der Waals surface area contributed by atoms with Gasteiger partial charge >= 0.3 is 11.9 Å². The highest BCUT2D eigenvalue weighted by molar-refractivity contribution is 5.83. The molecule has 0 aromatic heterocycles. The molecular weight excluding hydrogens is 306 g/mol. The Bertz CT molecular complexity index is 541. The normalized spacial score (nSPS) is 13.2. The van der Waals surface area contributed by atoms with Crippen LogP contribution < -0.4 is 5.32 Å². The number of benzene rings is 1. The van der Waals surface area contributed by atoms with Gasteiger partial charge in [0.1, 0.15) is 18.2 Å². The molecule has 1 rings (SSSR count). The van der Waals surface area contributed by atoms with E-state index >= 15 is 0 Å². The van der Waals surface area contributed by atoms with E-state index in [0.29, 0.717) is 0 Å². The number of rotatable bonds is 6. The third kappa shape index (κ3) is 8.67. The van der Waals surface area contributed by atoms with E-state index in [1.165, 1.54) is 0 Å². The fourth-order valence-electron chi connectivity index (χ4n) is 2.10. The Kier molecular flexibility index (Phi) is 6.96. The second-order valence-electron chi connectivity index (χ2n) is 7.83. The Labute approximate surface area is 144 Å². The Morgan fingerprint density at radius 2 is 1.62 bits per heavy atom. The summed E-state index contributed by atoms with van der Waals surface area (Å²) in [5.41, 5.74) is -0.0203. The van der Waals surface area contributed by atoms with Crippen LogP contribution >= 0.6 is 0 Å². The monoisotopic (exact) mass is 335 g/mol. The molecule has 0 radical (unpaired) electrons. The van der Waals surface area contributed by atoms with E-state index in [-0.39, 0.29) is 18.6 Å². The van der Waals surface area contributed by atoms with Gasteiger partial charge in [-0.25, -0.2) is 0 Å². The molecule has 0 aliphatic rings. The maximum atomic E-state index is 12.4. The van der Waals surface area contributed by atoms with E-state index in [1.54, 1.807) is 20.8 Å². The van der Waals surface area contributed by atoms with Crippen molar-refractivity contribution in [1.82, 2.24) is 5.32 Å². The number of hydrogen-bond acceptors (Lipinski definition) is 5. The molecule has 1 aromatic rings. The second kappa shape index (κ2) is 8.29. The predicted octanol–water partition coefficient (Wildman–Crippen LogP) is 3.22. The number of ether oxygens (including phenoxy) is 2. The molecule has 1 N–H and O–H groups in total. The van der Waals surface area contributed by atoms with Crippen LogP contribution in [0.2, 0.25) is 0 Å². The number of carbonyl (C=O) groups excluding carboxylic acids is 2. The van der Waals surface area contributed by atoms with Crippen LogP contribution in [0.1, 0.15) is 53.5 Å². The van der Waals surface area contributed by atoms with E-state index < -0.39 is 23.6 Å². The van der Waals surface area contributed by atoms with E-state index in [1.807, 2.05) is 51.1 Å². The smallest absolute Gasteiger partial charge is 0.324 e. The molecule has 0 fully saturated rings. The molecule has 134 valence electrons. The van der Waals surface area contributed by atoms with Gasteiger partial charge < -0.3 is 9.47 Å². The van der Waals surface area contributed by atoms with Crippen LogP contribution in [-0.2, 0) is 25.7 Å². The van der Waals surface area contributed by atoms with Crippen LogP contribution in [0.15, 0.2) is 30.3 Å². The van der Waals surface area contributed by atoms with Gasteiger partial charge in [-0.15, -0.1) is 0 Å². The van der Waals surface area contributed by atoms with Gasteiger partial charge in [-0.05, 0) is 47.1 Å². The Balaban J connectivity index is 2.70. The minimum absolute atomic E-state index is 0.0673. The van der Waals surface area contributed by atoms with Gasteiger partial charge in [-0.1, -0.05) is 30.3 Å². The van der Waals surface area contributed by atoms with Crippen LogP contribution in [0.3, 0.4) is 0 Å². The molecule has 0 aliphatic carbocycles. The standard InChI is InChI=1S/C19H29NO4/c1-18(2,3)20-15(12-16(21)24-19(4,5)6)17(22)23-13-14-10-8-7-9-11-14/h7-11,15,20H,12-13H2,1-6H3/t15-/m0/s1. The first kappa shape index (κ1) is 20.2. The molecule has 1 atom stereocenters. The Hall–Kier alpha value is -1.88. The summed E-state index contributed by atoms with van der Waals surface area (Å²) >= 11 is 0. The Morgan fingerprint density at radius 3 is 2.12 bits per heavy atom. The highest BCUT2D eigenvalue weighted by atomic mass is 16.6. The lowest BCUT2D eigenvalue weighted by atomic mass is 10.1. The highest BCUT2D eigenvalue weighted by Gasteiger charge is 2.29. The van der Waals surface area contributed by atoms with Crippen molar-refractivity contribution in [3.8, 4) is 0 Å². The summed E-state index contributed by atoms with van der Waals surface area (Å²) in [7, 11) is 0. The van der Waals surface area contributed by atoms with Crippen LogP contribution in [0.4, 0.5) is 0 Å². The largest absolute Gasteiger partial charge is 0.460 e. The molecule has 0 bridgehead atoms. The van der Waals surface area contributed by atoms with Crippen molar-refractivity contribution in [2.24, 2.45) is 0 Å². The maximum absolute atomic E-state index is 12.4. The van der Waals surface area contributed by atoms with Crippen LogP contribution in [-0.4, -0.2) is 29.1 Å². The SMILES string of the molecule is CC(C)(C)N[C@@H](CC(=O)OC(C)(C)C)C(=O)OCc1ccccc1. The zero-order valence-corrected chi connectivity index (χ0v) is 15.5. The second-order valence-corrected chi connectivity index (χ2v) is 7.83. The molecule has 24 heavy (non-hydrogen) atoms. The summed E-state index contributed by atoms with van der Waals surface area (Å²) in [6, 6.07) is 8.69. The van der Waals surface area contributed by atoms with Gasteiger partial charge in [0.15, 0.2) is 0 Å². The van der Waals surface area contributed by atoms with E-state index in [0.717, 1.165) is 5.56 Å². The molecule has 0 aliphatic heterocycles. The summed E-state index contributed by atoms with van der Waals surface area (Å²) in [4.78, 5) is 24.5. The van der Waals surface area contributed by atoms with E-state index in [9.17, 15) is 9.59 Å². The van der Waals surface area contributed by atoms with Crippen molar-refractivity contribution in [2.75, 3.05) is 0 Å². The molecule has 0 saturated carbocycles. The molecule has 0 spiro atoms. The number of hydrogen-bond donors (Lipinski definition) is 1. The van der Waals surface area contributed by atoms with Gasteiger partial charge in [0.05, 0.1) is 6.42 Å². The fourth-order valence-corrected chi connectivity index (χ4v) is 2.10. The first-order valence-electron chi connectivity index (χ1n) is 8.16. The lowest BCUT2D eigenvalue weighted by Gasteiger charge is -2.28. The summed E-state index contributed by atoms with van der Waals surface area (Å²) in [6.07, 6.45) is -0.0673. The average molecular weight is 335 g/mol. The van der Waals surface area contributed by atoms with Crippen LogP contribution in [0.5, 0.6) is 0 Å². The van der Waals surface area contributed by atoms with Crippen molar-refractivity contribution < 1.29 is 19.1 Å². The first-order chi connectivity index (χ1) is 11.0. The van der Waals surface area contributed by atoms with Crippen LogP contribution in [0, 0.1) is 0 Å². The van der Waals surface area contributed by atoms with Crippen molar-refractivity contribution >= 4 is 11.9 Å². The van der Waals surface area contributed by atoms with Gasteiger partial charge in [0.2, 0.25) is 0 Å². The summed E-state index contributed by atoms with van der Waals surface area (Å²) < 4.78 is 10.7. The van der Waals surface area contributed by atoms with Gasteiger partial charge in [0.25, 0.3) is 0 Å². The first-order valence-corrected chi connectivity index (χ1v) is 8.16. The minimum Gasteiger partial charge on any atom is -0.460 e. The van der Waals surface area contributed by atoms with Crippen LogP contribution in [0.25, 0.3) is 0 Å². The zero-order valence-electron chi connectivity index (χ0n) is 15.5. The number of carbonyl (C=O) groups is 2. The number of nitrogens with one attached hydrogen (secondary N) is 1. The third-order valence-corrected chi connectivity index (χ3v) is 2.91. The molecule has 0 heterocycles. The van der Waals surface area contributed by atoms with Crippen molar-refractivity contribution in [3.63, 3.8) is 0 Å². The van der Waals surface area contributed by atoms with Gasteiger partial charge in [-0.3, -0.25) is 14.9 Å². The van der Waals surface area contributed by atoms with Crippen molar-refractivity contribution in [1.29, 1.82) is 0 Å². The van der Waals surface area contributed by atoms with Crippen molar-refractivity contribution in [2.45, 2.75) is 71.8 Å². The molecule has 0 unspecified atom stereocenters. The molecule has 5 heteroatoms. The Morgan fingerprint density at radius 1 is 1.04 bits per heavy atom. The zero-order chi connectivity index (χ0) is 18.4.